The van der Waals surface area contributed by atoms with Gasteiger partial charge in [-0.15, -0.1) is 0 Å². The van der Waals surface area contributed by atoms with Gasteiger partial charge in [-0.05, 0) is 18.2 Å². The summed E-state index contributed by atoms with van der Waals surface area (Å²) in [5, 5.41) is 0. The van der Waals surface area contributed by atoms with Crippen LogP contribution in [0.2, 0.25) is 0 Å². The highest BCUT2D eigenvalue weighted by Gasteiger charge is 2.45. The average Bonchev–Trinajstić information content (AvgIpc) is 2.39. The van der Waals surface area contributed by atoms with Crippen LogP contribution >= 0.6 is 0 Å². The van der Waals surface area contributed by atoms with Gasteiger partial charge >= 0.3 is 0 Å². The number of carbonyl (C=O) groups is 2. The molecule has 2 rings (SSSR count). The first-order chi connectivity index (χ1) is 7.83. The Bertz CT molecular complexity index is 511. The number of nitrogen functional groups attached to an aromatic ring is 1. The number of hydrogen-bond acceptors (Lipinski definition) is 3. The molecule has 2 amide bonds. The van der Waals surface area contributed by atoms with Crippen LogP contribution in [0.4, 0.5) is 15.8 Å². The van der Waals surface area contributed by atoms with E-state index in [0.29, 0.717) is 0 Å². The average molecular weight is 236 g/mol. The van der Waals surface area contributed by atoms with Crippen molar-refractivity contribution in [2.45, 2.75) is 20.3 Å². The van der Waals surface area contributed by atoms with Crippen molar-refractivity contribution in [3.63, 3.8) is 0 Å². The third-order valence-electron chi connectivity index (χ3n) is 2.86. The fourth-order valence-electron chi connectivity index (χ4n) is 1.92. The molecule has 5 heteroatoms. The molecule has 4 nitrogen and oxygen atoms in total. The quantitative estimate of drug-likeness (QED) is 0.596. The summed E-state index contributed by atoms with van der Waals surface area (Å²) in [6.45, 7) is 3.40. The maximum Gasteiger partial charge on any atom is 0.240 e. The van der Waals surface area contributed by atoms with Crippen LogP contribution in [-0.2, 0) is 9.59 Å². The second-order valence-corrected chi connectivity index (χ2v) is 4.80. The predicted octanol–water partition coefficient (Wildman–Crippen LogP) is 1.70. The van der Waals surface area contributed by atoms with Gasteiger partial charge in [0.1, 0.15) is 5.82 Å². The van der Waals surface area contributed by atoms with Gasteiger partial charge in [0.15, 0.2) is 0 Å². The summed E-state index contributed by atoms with van der Waals surface area (Å²) < 4.78 is 12.9. The van der Waals surface area contributed by atoms with Gasteiger partial charge in [0.2, 0.25) is 11.8 Å². The van der Waals surface area contributed by atoms with E-state index in [4.69, 9.17) is 5.73 Å². The molecule has 0 radical (unpaired) electrons. The van der Waals surface area contributed by atoms with Gasteiger partial charge in [0.05, 0.1) is 16.8 Å². The zero-order valence-electron chi connectivity index (χ0n) is 9.66. The van der Waals surface area contributed by atoms with E-state index in [1.54, 1.807) is 13.8 Å². The molecule has 0 bridgehead atoms. The molecule has 1 aromatic rings. The topological polar surface area (TPSA) is 63.4 Å². The Labute approximate surface area is 98.2 Å². The monoisotopic (exact) mass is 236 g/mol. The molecule has 1 fully saturated rings. The molecule has 0 aromatic heterocycles. The second kappa shape index (κ2) is 3.55. The number of anilines is 2. The van der Waals surface area contributed by atoms with Crippen molar-refractivity contribution < 1.29 is 14.0 Å². The first-order valence-electron chi connectivity index (χ1n) is 5.25. The summed E-state index contributed by atoms with van der Waals surface area (Å²) in [7, 11) is 0. The van der Waals surface area contributed by atoms with Gasteiger partial charge < -0.3 is 5.73 Å². The van der Waals surface area contributed by atoms with Gasteiger partial charge in [0, 0.05) is 6.42 Å². The Balaban J connectivity index is 2.48. The molecule has 0 aliphatic carbocycles. The van der Waals surface area contributed by atoms with Crippen LogP contribution in [0.3, 0.4) is 0 Å². The van der Waals surface area contributed by atoms with Crippen LogP contribution in [0.25, 0.3) is 0 Å². The van der Waals surface area contributed by atoms with Crippen molar-refractivity contribution in [3.8, 4) is 0 Å². The Morgan fingerprint density at radius 3 is 2.47 bits per heavy atom. The van der Waals surface area contributed by atoms with E-state index in [9.17, 15) is 14.0 Å². The van der Waals surface area contributed by atoms with E-state index in [1.807, 2.05) is 0 Å². The van der Waals surface area contributed by atoms with Gasteiger partial charge in [-0.2, -0.15) is 0 Å². The molecule has 0 unspecified atom stereocenters. The molecule has 1 heterocycles. The first-order valence-corrected chi connectivity index (χ1v) is 5.25. The number of carbonyl (C=O) groups excluding carboxylic acids is 2. The molecular formula is C12H13FN2O2. The van der Waals surface area contributed by atoms with E-state index < -0.39 is 11.2 Å². The molecule has 0 saturated carbocycles. The summed E-state index contributed by atoms with van der Waals surface area (Å²) in [5.41, 5.74) is 5.25. The number of imide groups is 1. The Morgan fingerprint density at radius 1 is 1.35 bits per heavy atom. The van der Waals surface area contributed by atoms with E-state index in [2.05, 4.69) is 0 Å². The highest BCUT2D eigenvalue weighted by atomic mass is 19.1. The molecule has 1 saturated heterocycles. The molecule has 90 valence electrons. The van der Waals surface area contributed by atoms with Crippen molar-refractivity contribution in [2.24, 2.45) is 5.41 Å². The fourth-order valence-corrected chi connectivity index (χ4v) is 1.92. The summed E-state index contributed by atoms with van der Waals surface area (Å²) in [6, 6.07) is 3.63. The fraction of sp³-hybridized carbons (Fsp3) is 0.333. The minimum absolute atomic E-state index is 0.0874. The smallest absolute Gasteiger partial charge is 0.240 e. The maximum absolute atomic E-state index is 12.9. The molecule has 1 aliphatic rings. The lowest BCUT2D eigenvalue weighted by Crippen LogP contribution is -2.33. The van der Waals surface area contributed by atoms with E-state index in [-0.39, 0.29) is 29.6 Å². The van der Waals surface area contributed by atoms with Crippen LogP contribution in [0, 0.1) is 11.2 Å². The van der Waals surface area contributed by atoms with Gasteiger partial charge in [-0.25, -0.2) is 9.29 Å². The van der Waals surface area contributed by atoms with Crippen molar-refractivity contribution in [2.75, 3.05) is 10.6 Å². The third-order valence-corrected chi connectivity index (χ3v) is 2.86. The summed E-state index contributed by atoms with van der Waals surface area (Å²) in [6.07, 6.45) is 0.142. The van der Waals surface area contributed by atoms with Crippen molar-refractivity contribution in [1.82, 2.24) is 0 Å². The number of nitrogens with two attached hydrogens (primary N) is 1. The summed E-state index contributed by atoms with van der Waals surface area (Å²) in [4.78, 5) is 24.9. The molecule has 0 spiro atoms. The van der Waals surface area contributed by atoms with Crippen LogP contribution in [0.5, 0.6) is 0 Å². The normalized spacial score (nSPS) is 18.9. The zero-order chi connectivity index (χ0) is 12.8. The number of benzene rings is 1. The van der Waals surface area contributed by atoms with E-state index in [1.165, 1.54) is 12.1 Å². The Hall–Kier alpha value is -1.91. The highest BCUT2D eigenvalue weighted by Crippen LogP contribution is 2.37. The maximum atomic E-state index is 12.9. The van der Waals surface area contributed by atoms with Crippen molar-refractivity contribution >= 4 is 23.2 Å². The standard InChI is InChI=1S/C12H13FN2O2/c1-12(2)6-10(16)15(11(12)17)9-4-3-7(13)5-8(9)14/h3-5H,6,14H2,1-2H3. The SMILES string of the molecule is CC1(C)CC(=O)N(c2ccc(F)cc2N)C1=O. The number of halogens is 1. The highest BCUT2D eigenvalue weighted by molar-refractivity contribution is 6.23. The first kappa shape index (κ1) is 11.6. The van der Waals surface area contributed by atoms with Crippen molar-refractivity contribution in [3.05, 3.63) is 24.0 Å². The van der Waals surface area contributed by atoms with Gasteiger partial charge in [0.25, 0.3) is 0 Å². The van der Waals surface area contributed by atoms with Crippen LogP contribution in [0.1, 0.15) is 20.3 Å². The van der Waals surface area contributed by atoms with Gasteiger partial charge in [-0.1, -0.05) is 13.8 Å². The largest absolute Gasteiger partial charge is 0.397 e. The van der Waals surface area contributed by atoms with Gasteiger partial charge in [-0.3, -0.25) is 9.59 Å². The van der Waals surface area contributed by atoms with Crippen LogP contribution in [0.15, 0.2) is 18.2 Å². The Morgan fingerprint density at radius 2 is 2.00 bits per heavy atom. The number of amides is 2. The van der Waals surface area contributed by atoms with Crippen molar-refractivity contribution in [1.29, 1.82) is 0 Å². The molecular weight excluding hydrogens is 223 g/mol. The minimum atomic E-state index is -0.724. The lowest BCUT2D eigenvalue weighted by molar-refractivity contribution is -0.124. The minimum Gasteiger partial charge on any atom is -0.397 e. The summed E-state index contributed by atoms with van der Waals surface area (Å²) in [5.74, 6) is -1.11. The molecule has 2 N–H and O–H groups in total. The lowest BCUT2D eigenvalue weighted by Gasteiger charge is -2.19. The number of nitrogens with zero attached hydrogens (tertiary/aromatic N) is 1. The molecule has 1 aliphatic heterocycles. The van der Waals surface area contributed by atoms with Crippen LogP contribution < -0.4 is 10.6 Å². The molecule has 1 aromatic carbocycles. The number of rotatable bonds is 1. The molecule has 0 atom stereocenters. The molecule has 17 heavy (non-hydrogen) atoms. The van der Waals surface area contributed by atoms with E-state index in [0.717, 1.165) is 11.0 Å². The second-order valence-electron chi connectivity index (χ2n) is 4.80. The van der Waals surface area contributed by atoms with Crippen LogP contribution in [-0.4, -0.2) is 11.8 Å². The number of hydrogen-bond donors (Lipinski definition) is 1. The Kier molecular flexibility index (Phi) is 2.41. The third kappa shape index (κ3) is 1.77. The zero-order valence-corrected chi connectivity index (χ0v) is 9.66. The summed E-state index contributed by atoms with van der Waals surface area (Å²) >= 11 is 0. The predicted molar refractivity (Wildman–Crippen MR) is 61.7 cm³/mol. The van der Waals surface area contributed by atoms with E-state index >= 15 is 0 Å². The lowest BCUT2D eigenvalue weighted by atomic mass is 9.92.